The summed E-state index contributed by atoms with van der Waals surface area (Å²) < 4.78 is 25.2. The van der Waals surface area contributed by atoms with Crippen LogP contribution in [0, 0.1) is 0 Å². The van der Waals surface area contributed by atoms with E-state index in [9.17, 15) is 28.8 Å². The molecule has 256 valence electrons. The normalized spacial score (nSPS) is 11.0. The van der Waals surface area contributed by atoms with Gasteiger partial charge in [-0.3, -0.25) is 19.6 Å². The Labute approximate surface area is 276 Å². The van der Waals surface area contributed by atoms with Gasteiger partial charge in [-0.05, 0) is 55.3 Å². The number of hydrogen-bond donors (Lipinski definition) is 2. The molecular formula is C33H36N2O13. The number of aliphatic carboxylic acids is 2. The minimum Gasteiger partial charge on any atom is -0.493 e. The highest BCUT2D eigenvalue weighted by Crippen LogP contribution is 2.29. The quantitative estimate of drug-likeness (QED) is 0.102. The van der Waals surface area contributed by atoms with Gasteiger partial charge in [-0.2, -0.15) is 0 Å². The van der Waals surface area contributed by atoms with Gasteiger partial charge >= 0.3 is 35.8 Å². The second-order valence-corrected chi connectivity index (χ2v) is 9.12. The minimum absolute atomic E-state index is 0. The van der Waals surface area contributed by atoms with Gasteiger partial charge in [0.15, 0.2) is 11.5 Å². The van der Waals surface area contributed by atoms with Crippen molar-refractivity contribution in [2.45, 2.75) is 45.8 Å². The number of esters is 4. The van der Waals surface area contributed by atoms with Gasteiger partial charge in [0, 0.05) is 24.8 Å². The second kappa shape index (κ2) is 20.8. The summed E-state index contributed by atoms with van der Waals surface area (Å²) >= 11 is 0. The lowest BCUT2D eigenvalue weighted by molar-refractivity contribution is -0.157. The average molecular weight is 669 g/mol. The van der Waals surface area contributed by atoms with Crippen LogP contribution in [0.3, 0.4) is 0 Å². The van der Waals surface area contributed by atoms with Crippen LogP contribution in [0.25, 0.3) is 0 Å². The highest BCUT2D eigenvalue weighted by atomic mass is 16.6. The van der Waals surface area contributed by atoms with Crippen molar-refractivity contribution in [3.8, 4) is 11.5 Å². The molecule has 2 atom stereocenters. The molecule has 2 aromatic heterocycles. The number of hydrogen-bond acceptors (Lipinski definition) is 13. The highest BCUT2D eigenvalue weighted by molar-refractivity contribution is 5.93. The minimum atomic E-state index is -1.71. The van der Waals surface area contributed by atoms with Gasteiger partial charge in [0.25, 0.3) is 0 Å². The van der Waals surface area contributed by atoms with Crippen molar-refractivity contribution >= 4 is 35.8 Å². The molecule has 0 saturated heterocycles. The number of carboxylic acids is 2. The van der Waals surface area contributed by atoms with Crippen LogP contribution in [0.5, 0.6) is 11.5 Å². The third kappa shape index (κ3) is 13.5. The molecule has 3 rings (SSSR count). The van der Waals surface area contributed by atoms with Gasteiger partial charge < -0.3 is 33.9 Å². The fraction of sp³-hybridized carbons (Fsp3) is 0.273. The van der Waals surface area contributed by atoms with Crippen LogP contribution in [0.1, 0.15) is 53.5 Å². The molecule has 2 N–H and O–H groups in total. The van der Waals surface area contributed by atoms with Gasteiger partial charge in [-0.15, -0.1) is 6.58 Å². The van der Waals surface area contributed by atoms with Gasteiger partial charge in [0.2, 0.25) is 12.2 Å². The van der Waals surface area contributed by atoms with Crippen molar-refractivity contribution in [1.82, 2.24) is 9.97 Å². The fourth-order valence-electron chi connectivity index (χ4n) is 3.51. The lowest BCUT2D eigenvalue weighted by atomic mass is 10.1. The predicted octanol–water partition coefficient (Wildman–Crippen LogP) is 3.71. The first kappa shape index (κ1) is 39.9. The van der Waals surface area contributed by atoms with Crippen LogP contribution in [0.2, 0.25) is 0 Å². The monoisotopic (exact) mass is 668 g/mol. The van der Waals surface area contributed by atoms with Crippen LogP contribution < -0.4 is 9.47 Å². The summed E-state index contributed by atoms with van der Waals surface area (Å²) in [5.41, 5.74) is 1.13. The topological polar surface area (TPSA) is 215 Å². The standard InChI is InChI=1S/C22H23NO7.C10H9NO6.CH4/c1-4-7-15-9-10-17(18(12-15)27-3)29-20(24)13-19(22(26)28-5-2)30-21(25)16-8-6-11-23-14-16;12-8(13)4-7(9(14)15)17-10(16)6-2-1-3-11-5-6;/h4,6,8-12,14,19H,1,5,7,13H2,2-3H3;1-3,5,7H,4H2,(H,12,13)(H,14,15);1H4. The first-order valence-corrected chi connectivity index (χ1v) is 13.8. The van der Waals surface area contributed by atoms with Crippen LogP contribution in [0.4, 0.5) is 0 Å². The van der Waals surface area contributed by atoms with Crippen LogP contribution in [-0.2, 0) is 39.8 Å². The molecule has 15 heteroatoms. The zero-order valence-electron chi connectivity index (χ0n) is 25.4. The number of aromatic nitrogens is 2. The summed E-state index contributed by atoms with van der Waals surface area (Å²) in [5.74, 6) is -5.71. The first-order chi connectivity index (χ1) is 22.5. The Bertz CT molecular complexity index is 1550. The fourth-order valence-corrected chi connectivity index (χ4v) is 3.51. The molecular weight excluding hydrogens is 632 g/mol. The number of allylic oxidation sites excluding steroid dienone is 1. The molecule has 2 heterocycles. The molecule has 2 unspecified atom stereocenters. The van der Waals surface area contributed by atoms with E-state index in [4.69, 9.17) is 29.2 Å². The molecule has 0 fully saturated rings. The van der Waals surface area contributed by atoms with Crippen molar-refractivity contribution in [3.05, 3.63) is 96.6 Å². The van der Waals surface area contributed by atoms with Gasteiger partial charge in [-0.25, -0.2) is 19.2 Å². The van der Waals surface area contributed by atoms with Crippen LogP contribution in [0.15, 0.2) is 79.9 Å². The molecule has 0 amide bonds. The summed E-state index contributed by atoms with van der Waals surface area (Å²) in [7, 11) is 1.45. The maximum absolute atomic E-state index is 12.4. The lowest BCUT2D eigenvalue weighted by Gasteiger charge is -2.16. The predicted molar refractivity (Wildman–Crippen MR) is 167 cm³/mol. The van der Waals surface area contributed by atoms with Crippen molar-refractivity contribution in [2.24, 2.45) is 0 Å². The van der Waals surface area contributed by atoms with E-state index < -0.39 is 60.9 Å². The zero-order valence-corrected chi connectivity index (χ0v) is 25.4. The second-order valence-electron chi connectivity index (χ2n) is 9.12. The van der Waals surface area contributed by atoms with E-state index >= 15 is 0 Å². The molecule has 0 radical (unpaired) electrons. The summed E-state index contributed by atoms with van der Waals surface area (Å²) in [4.78, 5) is 76.8. The molecule has 0 aliphatic heterocycles. The Morgan fingerprint density at radius 2 is 1.44 bits per heavy atom. The van der Waals surface area contributed by atoms with E-state index in [0.717, 1.165) is 5.56 Å². The number of pyridine rings is 2. The largest absolute Gasteiger partial charge is 0.493 e. The van der Waals surface area contributed by atoms with Gasteiger partial charge in [0.05, 0.1) is 37.7 Å². The molecule has 0 saturated carbocycles. The number of nitrogens with zero attached hydrogens (tertiary/aromatic N) is 2. The maximum Gasteiger partial charge on any atom is 0.348 e. The molecule has 48 heavy (non-hydrogen) atoms. The average Bonchev–Trinajstić information content (AvgIpc) is 3.05. The number of carbonyl (C=O) groups excluding carboxylic acids is 4. The van der Waals surface area contributed by atoms with Crippen LogP contribution in [-0.4, -0.2) is 81.9 Å². The van der Waals surface area contributed by atoms with E-state index in [-0.39, 0.29) is 30.9 Å². The molecule has 3 aromatic rings. The van der Waals surface area contributed by atoms with E-state index in [1.54, 1.807) is 37.3 Å². The molecule has 1 aromatic carbocycles. The van der Waals surface area contributed by atoms with Crippen molar-refractivity contribution in [1.29, 1.82) is 0 Å². The first-order valence-electron chi connectivity index (χ1n) is 13.8. The number of benzene rings is 1. The molecule has 0 bridgehead atoms. The third-order valence-corrected chi connectivity index (χ3v) is 5.66. The van der Waals surface area contributed by atoms with E-state index in [0.29, 0.717) is 12.2 Å². The molecule has 15 nitrogen and oxygen atoms in total. The van der Waals surface area contributed by atoms with E-state index in [1.165, 1.54) is 50.1 Å². The lowest BCUT2D eigenvalue weighted by Crippen LogP contribution is -2.33. The van der Waals surface area contributed by atoms with Gasteiger partial charge in [0.1, 0.15) is 0 Å². The summed E-state index contributed by atoms with van der Waals surface area (Å²) in [6.07, 6.45) is 3.29. The smallest absolute Gasteiger partial charge is 0.348 e. The Kier molecular flexibility index (Phi) is 17.3. The summed E-state index contributed by atoms with van der Waals surface area (Å²) in [6.45, 7) is 5.34. The Balaban J connectivity index is 0.000000545. The maximum atomic E-state index is 12.4. The summed E-state index contributed by atoms with van der Waals surface area (Å²) in [6, 6.07) is 10.9. The van der Waals surface area contributed by atoms with Crippen LogP contribution >= 0.6 is 0 Å². The Morgan fingerprint density at radius 1 is 0.854 bits per heavy atom. The zero-order chi connectivity index (χ0) is 34.8. The van der Waals surface area contributed by atoms with E-state index in [2.05, 4.69) is 21.3 Å². The number of carboxylic acid groups (broad SMARTS) is 2. The molecule has 0 aliphatic carbocycles. The SMILES string of the molecule is C.C=CCc1ccc(OC(=O)CC(OC(=O)c2cccnc2)C(=O)OCC)c(OC)c1.O=C(O)CC(OC(=O)c1cccnc1)C(=O)O. The van der Waals surface area contributed by atoms with Crippen molar-refractivity contribution in [2.75, 3.05) is 13.7 Å². The summed E-state index contributed by atoms with van der Waals surface area (Å²) in [5, 5.41) is 17.1. The molecule has 0 aliphatic rings. The van der Waals surface area contributed by atoms with Crippen molar-refractivity contribution in [3.63, 3.8) is 0 Å². The highest BCUT2D eigenvalue weighted by Gasteiger charge is 2.29. The third-order valence-electron chi connectivity index (χ3n) is 5.66. The number of ether oxygens (including phenoxy) is 5. The molecule has 0 spiro atoms. The number of carbonyl (C=O) groups is 6. The number of rotatable bonds is 15. The van der Waals surface area contributed by atoms with Gasteiger partial charge in [-0.1, -0.05) is 19.6 Å². The van der Waals surface area contributed by atoms with Crippen molar-refractivity contribution < 1.29 is 62.7 Å². The van der Waals surface area contributed by atoms with E-state index in [1.807, 2.05) is 0 Å². The number of methoxy groups -OCH3 is 1. The Hall–Kier alpha value is -6.12. The Morgan fingerprint density at radius 3 is 1.90 bits per heavy atom.